The summed E-state index contributed by atoms with van der Waals surface area (Å²) in [7, 11) is 1.97. The summed E-state index contributed by atoms with van der Waals surface area (Å²) >= 11 is 0. The number of aryl methyl sites for hydroxylation is 2. The third kappa shape index (κ3) is 2.93. The highest BCUT2D eigenvalue weighted by molar-refractivity contribution is 5.26. The molecule has 1 unspecified atom stereocenters. The van der Waals surface area contributed by atoms with E-state index in [1.54, 1.807) is 0 Å². The number of allylic oxidation sites excluding steroid dienone is 1. The van der Waals surface area contributed by atoms with Crippen LogP contribution >= 0.6 is 0 Å². The van der Waals surface area contributed by atoms with Gasteiger partial charge in [-0.3, -0.25) is 16.0 Å². The highest BCUT2D eigenvalue weighted by Crippen LogP contribution is 2.14. The molecular formula is C12H22N4. The molecule has 16 heavy (non-hydrogen) atoms. The third-order valence-corrected chi connectivity index (χ3v) is 2.83. The number of nitrogens with one attached hydrogen (secondary N) is 1. The minimum Gasteiger partial charge on any atom is -0.272 e. The highest BCUT2D eigenvalue weighted by atomic mass is 15.3. The van der Waals surface area contributed by atoms with Crippen LogP contribution in [0.25, 0.3) is 0 Å². The van der Waals surface area contributed by atoms with E-state index in [-0.39, 0.29) is 6.04 Å². The summed E-state index contributed by atoms with van der Waals surface area (Å²) in [5, 5.41) is 4.40. The summed E-state index contributed by atoms with van der Waals surface area (Å²) in [5.41, 5.74) is 7.67. The predicted molar refractivity (Wildman–Crippen MR) is 66.9 cm³/mol. The van der Waals surface area contributed by atoms with Crippen LogP contribution in [0, 0.1) is 13.8 Å². The second-order valence-corrected chi connectivity index (χ2v) is 4.49. The molecule has 0 aliphatic carbocycles. The fourth-order valence-electron chi connectivity index (χ4n) is 1.90. The van der Waals surface area contributed by atoms with Crippen LogP contribution in [-0.4, -0.2) is 15.8 Å². The summed E-state index contributed by atoms with van der Waals surface area (Å²) in [6, 6.07) is 0.173. The Morgan fingerprint density at radius 2 is 2.12 bits per heavy atom. The zero-order valence-corrected chi connectivity index (χ0v) is 10.8. The molecule has 0 spiro atoms. The van der Waals surface area contributed by atoms with Crippen LogP contribution in [0.1, 0.15) is 30.8 Å². The van der Waals surface area contributed by atoms with E-state index < -0.39 is 0 Å². The summed E-state index contributed by atoms with van der Waals surface area (Å²) in [6.07, 6.45) is 3.03. The number of hydrogen-bond donors (Lipinski definition) is 2. The van der Waals surface area contributed by atoms with Crippen LogP contribution in [-0.2, 0) is 13.5 Å². The van der Waals surface area contributed by atoms with E-state index in [0.29, 0.717) is 0 Å². The molecular weight excluding hydrogens is 200 g/mol. The van der Waals surface area contributed by atoms with Gasteiger partial charge in [0.2, 0.25) is 0 Å². The number of rotatable bonds is 4. The maximum atomic E-state index is 5.55. The van der Waals surface area contributed by atoms with Crippen LogP contribution < -0.4 is 11.3 Å². The van der Waals surface area contributed by atoms with E-state index in [2.05, 4.69) is 37.4 Å². The lowest BCUT2D eigenvalue weighted by atomic mass is 10.0. The lowest BCUT2D eigenvalue weighted by molar-refractivity contribution is 0.610. The van der Waals surface area contributed by atoms with Crippen molar-refractivity contribution < 1.29 is 0 Å². The first-order valence-electron chi connectivity index (χ1n) is 5.56. The average Bonchev–Trinajstić information content (AvgIpc) is 2.43. The Morgan fingerprint density at radius 3 is 2.50 bits per heavy atom. The molecule has 4 heteroatoms. The number of hydrazine groups is 1. The van der Waals surface area contributed by atoms with Crippen molar-refractivity contribution in [2.75, 3.05) is 0 Å². The van der Waals surface area contributed by atoms with Gasteiger partial charge in [0.1, 0.15) is 0 Å². The number of nitrogens with zero attached hydrogens (tertiary/aromatic N) is 2. The van der Waals surface area contributed by atoms with E-state index in [4.69, 9.17) is 5.84 Å². The minimum absolute atomic E-state index is 0.173. The topological polar surface area (TPSA) is 55.9 Å². The van der Waals surface area contributed by atoms with Crippen LogP contribution in [0.4, 0.5) is 0 Å². The Labute approximate surface area is 97.5 Å². The molecule has 1 aromatic rings. The molecule has 0 bridgehead atoms. The molecule has 0 amide bonds. The molecule has 0 fully saturated rings. The van der Waals surface area contributed by atoms with E-state index >= 15 is 0 Å². The van der Waals surface area contributed by atoms with Gasteiger partial charge in [0, 0.05) is 18.8 Å². The quantitative estimate of drug-likeness (QED) is 0.460. The summed E-state index contributed by atoms with van der Waals surface area (Å²) < 4.78 is 1.92. The van der Waals surface area contributed by atoms with Gasteiger partial charge in [0.15, 0.2) is 0 Å². The fourth-order valence-corrected chi connectivity index (χ4v) is 1.90. The molecule has 0 saturated carbocycles. The Morgan fingerprint density at radius 1 is 1.50 bits per heavy atom. The maximum absolute atomic E-state index is 5.55. The van der Waals surface area contributed by atoms with Gasteiger partial charge in [-0.2, -0.15) is 5.10 Å². The first kappa shape index (κ1) is 12.9. The number of aromatic nitrogens is 2. The van der Waals surface area contributed by atoms with Crippen molar-refractivity contribution in [2.45, 2.75) is 40.2 Å². The second-order valence-electron chi connectivity index (χ2n) is 4.49. The molecule has 1 aromatic heterocycles. The van der Waals surface area contributed by atoms with Gasteiger partial charge in [0.05, 0.1) is 5.69 Å². The van der Waals surface area contributed by atoms with Crippen molar-refractivity contribution >= 4 is 0 Å². The van der Waals surface area contributed by atoms with Crippen LogP contribution in [0.5, 0.6) is 0 Å². The van der Waals surface area contributed by atoms with Gasteiger partial charge in [-0.1, -0.05) is 11.6 Å². The molecule has 4 nitrogen and oxygen atoms in total. The zero-order chi connectivity index (χ0) is 12.3. The monoisotopic (exact) mass is 222 g/mol. The lowest BCUT2D eigenvalue weighted by Crippen LogP contribution is -2.35. The van der Waals surface area contributed by atoms with Gasteiger partial charge in [0.25, 0.3) is 0 Å². The number of nitrogens with two attached hydrogens (primary N) is 1. The Kier molecular flexibility index (Phi) is 4.26. The highest BCUT2D eigenvalue weighted by Gasteiger charge is 2.13. The Bertz CT molecular complexity index is 386. The van der Waals surface area contributed by atoms with Crippen molar-refractivity contribution in [3.05, 3.63) is 28.6 Å². The smallest absolute Gasteiger partial charge is 0.0629 e. The van der Waals surface area contributed by atoms with Crippen LogP contribution in [0.3, 0.4) is 0 Å². The van der Waals surface area contributed by atoms with Gasteiger partial charge >= 0.3 is 0 Å². The van der Waals surface area contributed by atoms with E-state index in [1.807, 2.05) is 18.7 Å². The molecule has 0 aliphatic heterocycles. The summed E-state index contributed by atoms with van der Waals surface area (Å²) in [4.78, 5) is 0. The molecule has 3 N–H and O–H groups in total. The van der Waals surface area contributed by atoms with Gasteiger partial charge in [-0.05, 0) is 39.7 Å². The van der Waals surface area contributed by atoms with Crippen molar-refractivity contribution in [3.8, 4) is 0 Å². The SMILES string of the molecule is CC(C)=CC(Cc1c(C)nn(C)c1C)NN. The first-order valence-corrected chi connectivity index (χ1v) is 5.56. The van der Waals surface area contributed by atoms with Gasteiger partial charge in [-0.15, -0.1) is 0 Å². The lowest BCUT2D eigenvalue weighted by Gasteiger charge is -2.12. The van der Waals surface area contributed by atoms with Crippen molar-refractivity contribution in [3.63, 3.8) is 0 Å². The van der Waals surface area contributed by atoms with E-state index in [0.717, 1.165) is 12.1 Å². The summed E-state index contributed by atoms with van der Waals surface area (Å²) in [6.45, 7) is 8.28. The molecule has 0 aromatic carbocycles. The molecule has 1 rings (SSSR count). The largest absolute Gasteiger partial charge is 0.272 e. The van der Waals surface area contributed by atoms with Gasteiger partial charge < -0.3 is 0 Å². The van der Waals surface area contributed by atoms with Gasteiger partial charge in [-0.25, -0.2) is 0 Å². The second kappa shape index (κ2) is 5.27. The average molecular weight is 222 g/mol. The molecule has 1 atom stereocenters. The van der Waals surface area contributed by atoms with E-state index in [1.165, 1.54) is 16.8 Å². The predicted octanol–water partition coefficient (Wildman–Crippen LogP) is 1.38. The van der Waals surface area contributed by atoms with Crippen molar-refractivity contribution in [1.82, 2.24) is 15.2 Å². The van der Waals surface area contributed by atoms with Crippen LogP contribution in [0.15, 0.2) is 11.6 Å². The summed E-state index contributed by atoms with van der Waals surface area (Å²) in [5.74, 6) is 5.55. The number of hydrogen-bond acceptors (Lipinski definition) is 3. The third-order valence-electron chi connectivity index (χ3n) is 2.83. The van der Waals surface area contributed by atoms with Crippen LogP contribution in [0.2, 0.25) is 0 Å². The Balaban J connectivity index is 2.90. The zero-order valence-electron chi connectivity index (χ0n) is 10.8. The molecule has 1 heterocycles. The molecule has 0 saturated heterocycles. The molecule has 0 radical (unpaired) electrons. The Hall–Kier alpha value is -1.13. The van der Waals surface area contributed by atoms with E-state index in [9.17, 15) is 0 Å². The normalized spacial score (nSPS) is 12.6. The molecule has 0 aliphatic rings. The van der Waals surface area contributed by atoms with Crippen molar-refractivity contribution in [2.24, 2.45) is 12.9 Å². The standard InChI is InChI=1S/C12H22N4/c1-8(2)6-11(14-13)7-12-9(3)15-16(5)10(12)4/h6,11,14H,7,13H2,1-5H3. The maximum Gasteiger partial charge on any atom is 0.0629 e. The van der Waals surface area contributed by atoms with Crippen molar-refractivity contribution in [1.29, 1.82) is 0 Å². The first-order chi connectivity index (χ1) is 7.45. The molecule has 90 valence electrons. The minimum atomic E-state index is 0.173. The fraction of sp³-hybridized carbons (Fsp3) is 0.583.